The molecule has 0 unspecified atom stereocenters. The number of anilines is 1. The number of nitrogens with zero attached hydrogens (tertiary/aromatic N) is 3. The zero-order chi connectivity index (χ0) is 26.2. The molecule has 1 saturated carbocycles. The minimum Gasteiger partial charge on any atom is -0.493 e. The highest BCUT2D eigenvalue weighted by Crippen LogP contribution is 2.36. The minimum absolute atomic E-state index is 0.148. The number of thiocarbonyl (C=S) groups is 1. The normalized spacial score (nSPS) is 17.5. The molecule has 2 heterocycles. The van der Waals surface area contributed by atoms with E-state index < -0.39 is 0 Å². The van der Waals surface area contributed by atoms with E-state index in [1.54, 1.807) is 12.0 Å². The molecule has 11 heteroatoms. The first-order valence-electron chi connectivity index (χ1n) is 12.7. The van der Waals surface area contributed by atoms with Crippen LogP contribution in [-0.4, -0.2) is 51.0 Å². The summed E-state index contributed by atoms with van der Waals surface area (Å²) in [4.78, 5) is 27.4. The third-order valence-corrected chi connectivity index (χ3v) is 8.44. The standard InChI is InChI=1S/C26H32N4O4S3/c1-3-8-23-28-29-25(37-23)27-22(31)11-7-14-30-24(32)21(36-26(30)35)16-17-12-13-19(20(15-17)33-2)34-18-9-5-4-6-10-18/h12-13,15-16,18H,3-11,14H2,1-2H3,(H,27,29,31)/b21-16-. The van der Waals surface area contributed by atoms with Gasteiger partial charge in [-0.05, 0) is 62.3 Å². The number of methoxy groups -OCH3 is 1. The Morgan fingerprint density at radius 3 is 2.81 bits per heavy atom. The lowest BCUT2D eigenvalue weighted by molar-refractivity contribution is -0.122. The van der Waals surface area contributed by atoms with Gasteiger partial charge in [0.2, 0.25) is 11.0 Å². The van der Waals surface area contributed by atoms with Gasteiger partial charge in [-0.25, -0.2) is 0 Å². The highest BCUT2D eigenvalue weighted by Gasteiger charge is 2.31. The molecule has 0 radical (unpaired) electrons. The maximum absolute atomic E-state index is 13.0. The maximum atomic E-state index is 13.0. The van der Waals surface area contributed by atoms with Gasteiger partial charge < -0.3 is 14.8 Å². The van der Waals surface area contributed by atoms with Crippen LogP contribution in [0.5, 0.6) is 11.5 Å². The van der Waals surface area contributed by atoms with Crippen LogP contribution >= 0.6 is 35.3 Å². The van der Waals surface area contributed by atoms with Gasteiger partial charge in [0.05, 0.1) is 18.1 Å². The zero-order valence-corrected chi connectivity index (χ0v) is 23.6. The number of amides is 2. The number of carbonyl (C=O) groups excluding carboxylic acids is 2. The fraction of sp³-hybridized carbons (Fsp3) is 0.500. The van der Waals surface area contributed by atoms with E-state index in [0.29, 0.717) is 33.1 Å². The molecule has 2 amide bonds. The number of carbonyl (C=O) groups is 2. The average molecular weight is 561 g/mol. The number of rotatable bonds is 11. The Bertz CT molecular complexity index is 1160. The lowest BCUT2D eigenvalue weighted by Gasteiger charge is -2.24. The van der Waals surface area contributed by atoms with E-state index in [4.69, 9.17) is 21.7 Å². The molecule has 4 rings (SSSR count). The van der Waals surface area contributed by atoms with Crippen molar-refractivity contribution in [3.8, 4) is 11.5 Å². The van der Waals surface area contributed by atoms with Crippen LogP contribution in [0.2, 0.25) is 0 Å². The van der Waals surface area contributed by atoms with Gasteiger partial charge >= 0.3 is 0 Å². The molecule has 1 aromatic carbocycles. The van der Waals surface area contributed by atoms with Gasteiger partial charge in [0.25, 0.3) is 5.91 Å². The first kappa shape index (κ1) is 27.5. The van der Waals surface area contributed by atoms with E-state index in [1.165, 1.54) is 42.4 Å². The second-order valence-corrected chi connectivity index (χ2v) is 11.8. The van der Waals surface area contributed by atoms with Crippen LogP contribution in [0.15, 0.2) is 23.1 Å². The van der Waals surface area contributed by atoms with Gasteiger partial charge in [0.1, 0.15) is 9.33 Å². The molecule has 2 aliphatic rings. The molecule has 8 nitrogen and oxygen atoms in total. The molecule has 0 spiro atoms. The third kappa shape index (κ3) is 7.52. The Morgan fingerprint density at radius 2 is 2.05 bits per heavy atom. The van der Waals surface area contributed by atoms with E-state index in [0.717, 1.165) is 42.0 Å². The van der Waals surface area contributed by atoms with Crippen LogP contribution in [0.25, 0.3) is 6.08 Å². The van der Waals surface area contributed by atoms with Crippen LogP contribution in [0.3, 0.4) is 0 Å². The highest BCUT2D eigenvalue weighted by molar-refractivity contribution is 8.26. The second-order valence-electron chi connectivity index (χ2n) is 9.02. The van der Waals surface area contributed by atoms with Crippen molar-refractivity contribution in [3.63, 3.8) is 0 Å². The molecular weight excluding hydrogens is 529 g/mol. The highest BCUT2D eigenvalue weighted by atomic mass is 32.2. The molecular formula is C26H32N4O4S3. The van der Waals surface area contributed by atoms with E-state index in [9.17, 15) is 9.59 Å². The summed E-state index contributed by atoms with van der Waals surface area (Å²) in [5, 5.41) is 12.3. The summed E-state index contributed by atoms with van der Waals surface area (Å²) in [5.41, 5.74) is 0.840. The number of aryl methyl sites for hydroxylation is 1. The van der Waals surface area contributed by atoms with Gasteiger partial charge in [-0.1, -0.05) is 54.7 Å². The number of hydrogen-bond acceptors (Lipinski definition) is 9. The predicted molar refractivity (Wildman–Crippen MR) is 152 cm³/mol. The van der Waals surface area contributed by atoms with Crippen molar-refractivity contribution in [2.75, 3.05) is 19.0 Å². The van der Waals surface area contributed by atoms with Crippen molar-refractivity contribution in [2.24, 2.45) is 0 Å². The maximum Gasteiger partial charge on any atom is 0.266 e. The SMILES string of the molecule is CCCc1nnc(NC(=O)CCCN2C(=O)/C(=C/c3ccc(OC4CCCCC4)c(OC)c3)SC2=S)s1. The fourth-order valence-corrected chi connectivity index (χ4v) is 6.44. The Kier molecular flexibility index (Phi) is 9.93. The molecule has 1 saturated heterocycles. The van der Waals surface area contributed by atoms with Gasteiger partial charge in [0, 0.05) is 19.4 Å². The van der Waals surface area contributed by atoms with Crippen LogP contribution in [0.4, 0.5) is 5.13 Å². The van der Waals surface area contributed by atoms with E-state index >= 15 is 0 Å². The summed E-state index contributed by atoms with van der Waals surface area (Å²) in [6.07, 6.45) is 10.4. The van der Waals surface area contributed by atoms with Crippen molar-refractivity contribution in [1.29, 1.82) is 0 Å². The zero-order valence-electron chi connectivity index (χ0n) is 21.2. The van der Waals surface area contributed by atoms with Gasteiger partial charge in [0.15, 0.2) is 11.5 Å². The Balaban J connectivity index is 1.31. The van der Waals surface area contributed by atoms with E-state index in [-0.39, 0.29) is 24.3 Å². The van der Waals surface area contributed by atoms with Crippen molar-refractivity contribution in [1.82, 2.24) is 15.1 Å². The monoisotopic (exact) mass is 560 g/mol. The Labute approximate surface area is 231 Å². The van der Waals surface area contributed by atoms with Gasteiger partial charge in [-0.3, -0.25) is 14.5 Å². The summed E-state index contributed by atoms with van der Waals surface area (Å²) in [5.74, 6) is 1.08. The lowest BCUT2D eigenvalue weighted by atomic mass is 9.98. The van der Waals surface area contributed by atoms with Gasteiger partial charge in [-0.2, -0.15) is 0 Å². The number of hydrogen-bond donors (Lipinski definition) is 1. The van der Waals surface area contributed by atoms with Crippen molar-refractivity contribution >= 4 is 62.7 Å². The van der Waals surface area contributed by atoms with Crippen molar-refractivity contribution in [3.05, 3.63) is 33.7 Å². The summed E-state index contributed by atoms with van der Waals surface area (Å²) >= 11 is 8.11. The average Bonchev–Trinajstić information content (AvgIpc) is 3.44. The quantitative estimate of drug-likeness (QED) is 0.271. The van der Waals surface area contributed by atoms with Crippen LogP contribution in [0.1, 0.15) is 68.9 Å². The molecule has 0 bridgehead atoms. The molecule has 1 N–H and O–H groups in total. The Hall–Kier alpha value is -2.50. The van der Waals surface area contributed by atoms with Crippen molar-refractivity contribution in [2.45, 2.75) is 70.8 Å². The van der Waals surface area contributed by atoms with E-state index in [1.807, 2.05) is 24.3 Å². The summed E-state index contributed by atoms with van der Waals surface area (Å²) in [6, 6.07) is 5.72. The van der Waals surface area contributed by atoms with Gasteiger partial charge in [-0.15, -0.1) is 10.2 Å². The summed E-state index contributed by atoms with van der Waals surface area (Å²) < 4.78 is 12.2. The predicted octanol–water partition coefficient (Wildman–Crippen LogP) is 5.83. The Morgan fingerprint density at radius 1 is 1.24 bits per heavy atom. The molecule has 2 fully saturated rings. The van der Waals surface area contributed by atoms with E-state index in [2.05, 4.69) is 22.4 Å². The summed E-state index contributed by atoms with van der Waals surface area (Å²) in [7, 11) is 1.62. The number of thioether (sulfide) groups is 1. The third-order valence-electron chi connectivity index (χ3n) is 6.17. The summed E-state index contributed by atoms with van der Waals surface area (Å²) in [6.45, 7) is 2.45. The molecule has 1 aliphatic carbocycles. The van der Waals surface area contributed by atoms with Crippen LogP contribution < -0.4 is 14.8 Å². The first-order valence-corrected chi connectivity index (χ1v) is 14.7. The number of aromatic nitrogens is 2. The molecule has 198 valence electrons. The largest absolute Gasteiger partial charge is 0.493 e. The minimum atomic E-state index is -0.150. The lowest BCUT2D eigenvalue weighted by Crippen LogP contribution is -2.29. The molecule has 2 aromatic rings. The number of benzene rings is 1. The molecule has 1 aliphatic heterocycles. The van der Waals surface area contributed by atoms with Crippen molar-refractivity contribution < 1.29 is 19.1 Å². The fourth-order valence-electron chi connectivity index (χ4n) is 4.28. The van der Waals surface area contributed by atoms with Crippen LogP contribution in [-0.2, 0) is 16.0 Å². The molecule has 1 aromatic heterocycles. The molecule has 37 heavy (non-hydrogen) atoms. The van der Waals surface area contributed by atoms with Crippen LogP contribution in [0, 0.1) is 0 Å². The topological polar surface area (TPSA) is 93.7 Å². The number of ether oxygens (including phenoxy) is 2. The molecule has 0 atom stereocenters. The second kappa shape index (κ2) is 13.3. The smallest absolute Gasteiger partial charge is 0.266 e. The number of nitrogens with one attached hydrogen (secondary N) is 1. The first-order chi connectivity index (χ1) is 18.0.